The monoisotopic (exact) mass is 286 g/mol. The van der Waals surface area contributed by atoms with E-state index in [1.165, 1.54) is 77.0 Å². The summed E-state index contributed by atoms with van der Waals surface area (Å²) < 4.78 is 10.8. The normalized spacial score (nSPS) is 13.2. The molecule has 114 valence electrons. The average molecular weight is 287 g/mol. The molecule has 0 aromatic carbocycles. The van der Waals surface area contributed by atoms with Crippen LogP contribution in [0.3, 0.4) is 0 Å². The van der Waals surface area contributed by atoms with Gasteiger partial charge in [0.2, 0.25) is 0 Å². The number of allylic oxidation sites excluding steroid dienone is 1. The van der Waals surface area contributed by atoms with E-state index in [-0.39, 0.29) is 0 Å². The van der Waals surface area contributed by atoms with Gasteiger partial charge in [0, 0.05) is 17.1 Å². The largest absolute Gasteiger partial charge is 0.255 e. The second-order valence-electron chi connectivity index (χ2n) is 5.55. The molecule has 0 saturated heterocycles. The first-order valence-electron chi connectivity index (χ1n) is 8.26. The van der Waals surface area contributed by atoms with E-state index in [1.54, 1.807) is 11.7 Å². The summed E-state index contributed by atoms with van der Waals surface area (Å²) in [6.07, 6.45) is 21.6. The van der Waals surface area contributed by atoms with Crippen LogP contribution in [0.1, 0.15) is 90.4 Å². The molecule has 1 atom stereocenters. The van der Waals surface area contributed by atoms with Crippen molar-refractivity contribution in [3.05, 3.63) is 11.5 Å². The van der Waals surface area contributed by atoms with Gasteiger partial charge in [-0.25, -0.2) is 0 Å². The van der Waals surface area contributed by atoms with Gasteiger partial charge in [-0.3, -0.25) is 4.21 Å². The lowest BCUT2D eigenvalue weighted by atomic mass is 10.0. The molecule has 2 heteroatoms. The van der Waals surface area contributed by atoms with E-state index in [0.717, 1.165) is 6.42 Å². The van der Waals surface area contributed by atoms with Crippen LogP contribution in [0, 0.1) is 0 Å². The Hall–Kier alpha value is -0.110. The average Bonchev–Trinajstić information content (AvgIpc) is 2.39. The number of rotatable bonds is 14. The first-order valence-corrected chi connectivity index (χ1v) is 9.88. The third-order valence-electron chi connectivity index (χ3n) is 3.51. The first-order chi connectivity index (χ1) is 9.27. The molecule has 0 aliphatic rings. The van der Waals surface area contributed by atoms with Crippen molar-refractivity contribution in [2.45, 2.75) is 90.4 Å². The van der Waals surface area contributed by atoms with Gasteiger partial charge in [-0.05, 0) is 18.2 Å². The summed E-state index contributed by atoms with van der Waals surface area (Å²) in [5.74, 6) is 0. The van der Waals surface area contributed by atoms with Crippen LogP contribution in [-0.2, 0) is 10.8 Å². The van der Waals surface area contributed by atoms with Crippen molar-refractivity contribution in [2.75, 3.05) is 6.26 Å². The number of hydrogen-bond acceptors (Lipinski definition) is 1. The van der Waals surface area contributed by atoms with Crippen LogP contribution in [0.15, 0.2) is 11.5 Å². The Bertz CT molecular complexity index is 223. The fourth-order valence-electron chi connectivity index (χ4n) is 2.31. The molecule has 0 aromatic heterocycles. The van der Waals surface area contributed by atoms with Gasteiger partial charge in [-0.2, -0.15) is 0 Å². The molecular weight excluding hydrogens is 252 g/mol. The number of unbranched alkanes of at least 4 members (excludes halogenated alkanes) is 12. The van der Waals surface area contributed by atoms with Gasteiger partial charge in [0.05, 0.1) is 0 Å². The van der Waals surface area contributed by atoms with E-state index in [2.05, 4.69) is 13.0 Å². The van der Waals surface area contributed by atoms with E-state index in [1.807, 2.05) is 0 Å². The second-order valence-corrected chi connectivity index (χ2v) is 6.82. The molecule has 0 aliphatic heterocycles. The van der Waals surface area contributed by atoms with Crippen LogP contribution in [0.5, 0.6) is 0 Å². The van der Waals surface area contributed by atoms with Crippen molar-refractivity contribution in [3.8, 4) is 0 Å². The highest BCUT2D eigenvalue weighted by Crippen LogP contribution is 2.12. The Kier molecular flexibility index (Phi) is 15.9. The van der Waals surface area contributed by atoms with E-state index in [9.17, 15) is 4.21 Å². The second kappa shape index (κ2) is 15.9. The van der Waals surface area contributed by atoms with Crippen molar-refractivity contribution in [1.82, 2.24) is 0 Å². The topological polar surface area (TPSA) is 17.1 Å². The molecule has 0 bridgehead atoms. The summed E-state index contributed by atoms with van der Waals surface area (Å²) >= 11 is 0. The molecule has 1 unspecified atom stereocenters. The summed E-state index contributed by atoms with van der Waals surface area (Å²) in [4.78, 5) is 0. The molecule has 0 aromatic rings. The molecule has 0 rings (SSSR count). The van der Waals surface area contributed by atoms with Crippen LogP contribution in [0.2, 0.25) is 0 Å². The Morgan fingerprint density at radius 3 is 1.58 bits per heavy atom. The lowest BCUT2D eigenvalue weighted by Crippen LogP contribution is -1.82. The zero-order valence-corrected chi connectivity index (χ0v) is 14.0. The molecule has 1 nitrogen and oxygen atoms in total. The molecule has 0 spiro atoms. The molecule has 0 fully saturated rings. The van der Waals surface area contributed by atoms with Gasteiger partial charge in [0.15, 0.2) is 0 Å². The Morgan fingerprint density at radius 1 is 0.737 bits per heavy atom. The highest BCUT2D eigenvalue weighted by molar-refractivity contribution is 7.87. The van der Waals surface area contributed by atoms with Gasteiger partial charge in [-0.1, -0.05) is 83.6 Å². The van der Waals surface area contributed by atoms with Crippen LogP contribution in [-0.4, -0.2) is 10.5 Å². The fraction of sp³-hybridized carbons (Fsp3) is 0.882. The molecule has 19 heavy (non-hydrogen) atoms. The van der Waals surface area contributed by atoms with Crippen LogP contribution in [0.4, 0.5) is 0 Å². The van der Waals surface area contributed by atoms with Crippen molar-refractivity contribution >= 4 is 10.8 Å². The maximum atomic E-state index is 10.8. The molecule has 0 aliphatic carbocycles. The lowest BCUT2D eigenvalue weighted by Gasteiger charge is -2.02. The van der Waals surface area contributed by atoms with E-state index < -0.39 is 10.8 Å². The van der Waals surface area contributed by atoms with E-state index >= 15 is 0 Å². The fourth-order valence-corrected chi connectivity index (χ4v) is 2.71. The predicted octanol–water partition coefficient (Wildman–Crippen LogP) is 5.97. The SMILES string of the molecule is CCCCCCCCCCCCCC/C=C/S(C)=O. The molecule has 0 heterocycles. The zero-order chi connectivity index (χ0) is 14.2. The minimum atomic E-state index is -0.762. The zero-order valence-electron chi connectivity index (χ0n) is 13.2. The highest BCUT2D eigenvalue weighted by atomic mass is 32.2. The number of hydrogen-bond donors (Lipinski definition) is 0. The van der Waals surface area contributed by atoms with Crippen LogP contribution in [0.25, 0.3) is 0 Å². The van der Waals surface area contributed by atoms with Crippen molar-refractivity contribution < 1.29 is 4.21 Å². The Morgan fingerprint density at radius 2 is 1.16 bits per heavy atom. The minimum absolute atomic E-state index is 0.762. The van der Waals surface area contributed by atoms with Gasteiger partial charge in [0.25, 0.3) is 0 Å². The minimum Gasteiger partial charge on any atom is -0.255 e. The lowest BCUT2D eigenvalue weighted by molar-refractivity contribution is 0.545. The molecular formula is C17H34OS. The molecule has 0 radical (unpaired) electrons. The van der Waals surface area contributed by atoms with Gasteiger partial charge >= 0.3 is 0 Å². The van der Waals surface area contributed by atoms with Crippen LogP contribution >= 0.6 is 0 Å². The third-order valence-corrected chi connectivity index (χ3v) is 4.09. The predicted molar refractivity (Wildman–Crippen MR) is 88.9 cm³/mol. The van der Waals surface area contributed by atoms with Gasteiger partial charge in [-0.15, -0.1) is 0 Å². The van der Waals surface area contributed by atoms with Crippen LogP contribution < -0.4 is 0 Å². The standard InChI is InChI=1S/C17H34OS/c1-3-4-5-6-7-8-9-10-11-12-13-14-15-16-17-19(2)18/h16-17H,3-15H2,1-2H3/b17-16+. The maximum Gasteiger partial charge on any atom is 0.0421 e. The van der Waals surface area contributed by atoms with E-state index in [4.69, 9.17) is 0 Å². The van der Waals surface area contributed by atoms with Gasteiger partial charge in [0.1, 0.15) is 0 Å². The highest BCUT2D eigenvalue weighted by Gasteiger charge is 1.92. The Balaban J connectivity index is 3.01. The molecule has 0 N–H and O–H groups in total. The van der Waals surface area contributed by atoms with Crippen molar-refractivity contribution in [2.24, 2.45) is 0 Å². The summed E-state index contributed by atoms with van der Waals surface area (Å²) in [6, 6.07) is 0. The summed E-state index contributed by atoms with van der Waals surface area (Å²) in [6.45, 7) is 2.28. The Labute approximate surface area is 123 Å². The first kappa shape index (κ1) is 18.9. The summed E-state index contributed by atoms with van der Waals surface area (Å²) in [5, 5.41) is 1.80. The van der Waals surface area contributed by atoms with Crippen molar-refractivity contribution in [1.29, 1.82) is 0 Å². The maximum absolute atomic E-state index is 10.8. The smallest absolute Gasteiger partial charge is 0.0421 e. The summed E-state index contributed by atoms with van der Waals surface area (Å²) in [5.41, 5.74) is 0. The van der Waals surface area contributed by atoms with Crippen molar-refractivity contribution in [3.63, 3.8) is 0 Å². The van der Waals surface area contributed by atoms with E-state index in [0.29, 0.717) is 0 Å². The quantitative estimate of drug-likeness (QED) is 0.359. The molecule has 0 saturated carbocycles. The van der Waals surface area contributed by atoms with Gasteiger partial charge < -0.3 is 0 Å². The molecule has 0 amide bonds. The third kappa shape index (κ3) is 17.9. The summed E-state index contributed by atoms with van der Waals surface area (Å²) in [7, 11) is -0.762.